The number of amides is 1. The van der Waals surface area contributed by atoms with Gasteiger partial charge in [0, 0.05) is 42.3 Å². The molecule has 1 amide bonds. The Kier molecular flexibility index (Phi) is 6.13. The molecule has 3 aromatic carbocycles. The third-order valence-corrected chi connectivity index (χ3v) is 7.28. The van der Waals surface area contributed by atoms with Gasteiger partial charge in [-0.05, 0) is 53.1 Å². The summed E-state index contributed by atoms with van der Waals surface area (Å²) in [5.41, 5.74) is 16.0. The topological polar surface area (TPSA) is 58.4 Å². The van der Waals surface area contributed by atoms with Gasteiger partial charge in [0.2, 0.25) is 0 Å². The summed E-state index contributed by atoms with van der Waals surface area (Å²) >= 11 is 6.81. The summed E-state index contributed by atoms with van der Waals surface area (Å²) in [6.07, 6.45) is 3.77. The molecule has 33 heavy (non-hydrogen) atoms. The Morgan fingerprint density at radius 2 is 1.73 bits per heavy atom. The van der Waals surface area contributed by atoms with Crippen molar-refractivity contribution in [2.75, 3.05) is 31.1 Å². The Balaban J connectivity index is 1.93. The number of halogens is 1. The van der Waals surface area contributed by atoms with Crippen molar-refractivity contribution in [3.8, 4) is 22.3 Å². The first-order valence-electron chi connectivity index (χ1n) is 11.9. The molecule has 5 heteroatoms. The van der Waals surface area contributed by atoms with Crippen LogP contribution in [0.1, 0.15) is 46.8 Å². The van der Waals surface area contributed by atoms with E-state index in [1.807, 2.05) is 18.2 Å². The molecule has 1 aliphatic carbocycles. The van der Waals surface area contributed by atoms with E-state index in [-0.39, 0.29) is 5.91 Å². The number of benzene rings is 3. The number of anilines is 1. The largest absolute Gasteiger partial charge is 0.368 e. The predicted molar refractivity (Wildman–Crippen MR) is 137 cm³/mol. The van der Waals surface area contributed by atoms with E-state index in [9.17, 15) is 4.79 Å². The van der Waals surface area contributed by atoms with Gasteiger partial charge in [-0.25, -0.2) is 0 Å². The fourth-order valence-electron chi connectivity index (χ4n) is 5.47. The first-order valence-corrected chi connectivity index (χ1v) is 12.3. The van der Waals surface area contributed by atoms with E-state index in [0.717, 1.165) is 74.2 Å². The summed E-state index contributed by atoms with van der Waals surface area (Å²) in [5, 5.41) is 4.13. The maximum absolute atomic E-state index is 13.1. The number of hydrogen-bond acceptors (Lipinski definition) is 3. The maximum atomic E-state index is 13.1. The summed E-state index contributed by atoms with van der Waals surface area (Å²) in [7, 11) is 0. The van der Waals surface area contributed by atoms with Gasteiger partial charge < -0.3 is 16.0 Å². The number of unbranched alkanes of at least 4 members (excludes halogenated alkanes) is 1. The molecule has 170 valence electrons. The standard InChI is InChI=1S/C28H30ClN3O/c1-2-3-9-20-22-17-18-8-4-5-10-19(18)24(22)25(21-11-6-7-12-23(21)29)27(26(20)28(30)33)32-15-13-31-14-16-32/h4-8,10-12,31H,2-3,9,13-17H2,1H3,(H2,30,33). The lowest BCUT2D eigenvalue weighted by Crippen LogP contribution is -2.44. The molecule has 0 bridgehead atoms. The second-order valence-electron chi connectivity index (χ2n) is 8.95. The Labute approximate surface area is 200 Å². The van der Waals surface area contributed by atoms with E-state index in [2.05, 4.69) is 47.5 Å². The highest BCUT2D eigenvalue weighted by Crippen LogP contribution is 2.52. The van der Waals surface area contributed by atoms with Crippen LogP contribution in [0.15, 0.2) is 48.5 Å². The van der Waals surface area contributed by atoms with E-state index in [0.29, 0.717) is 10.6 Å². The van der Waals surface area contributed by atoms with Gasteiger partial charge in [0.15, 0.2) is 0 Å². The Hall–Kier alpha value is -2.82. The van der Waals surface area contributed by atoms with Gasteiger partial charge >= 0.3 is 0 Å². The lowest BCUT2D eigenvalue weighted by Gasteiger charge is -2.35. The number of primary amides is 1. The molecule has 1 aliphatic heterocycles. The molecular weight excluding hydrogens is 430 g/mol. The molecule has 0 radical (unpaired) electrons. The van der Waals surface area contributed by atoms with Crippen LogP contribution in [0, 0.1) is 0 Å². The molecule has 0 unspecified atom stereocenters. The van der Waals surface area contributed by atoms with Crippen molar-refractivity contribution in [3.05, 3.63) is 75.8 Å². The van der Waals surface area contributed by atoms with Gasteiger partial charge in [0.1, 0.15) is 0 Å². The quantitative estimate of drug-likeness (QED) is 0.404. The van der Waals surface area contributed by atoms with Crippen LogP contribution in [0.2, 0.25) is 5.02 Å². The van der Waals surface area contributed by atoms with E-state index in [1.54, 1.807) is 0 Å². The average Bonchev–Trinajstić information content (AvgIpc) is 3.22. The molecule has 0 atom stereocenters. The lowest BCUT2D eigenvalue weighted by atomic mass is 9.83. The Morgan fingerprint density at radius 3 is 2.42 bits per heavy atom. The maximum Gasteiger partial charge on any atom is 0.251 e. The van der Waals surface area contributed by atoms with Crippen LogP contribution in [-0.2, 0) is 12.8 Å². The molecule has 0 spiro atoms. The molecule has 1 heterocycles. The number of fused-ring (bicyclic) bond motifs is 3. The third kappa shape index (κ3) is 3.81. The predicted octanol–water partition coefficient (Wildman–Crippen LogP) is 5.43. The van der Waals surface area contributed by atoms with Crippen molar-refractivity contribution >= 4 is 23.2 Å². The molecule has 3 aromatic rings. The molecule has 0 saturated carbocycles. The summed E-state index contributed by atoms with van der Waals surface area (Å²) in [4.78, 5) is 15.5. The van der Waals surface area contributed by atoms with Gasteiger partial charge in [-0.1, -0.05) is 67.4 Å². The van der Waals surface area contributed by atoms with Gasteiger partial charge in [-0.15, -0.1) is 0 Å². The van der Waals surface area contributed by atoms with Crippen LogP contribution >= 0.6 is 11.6 Å². The lowest BCUT2D eigenvalue weighted by molar-refractivity contribution is 0.0999. The second-order valence-corrected chi connectivity index (χ2v) is 9.36. The van der Waals surface area contributed by atoms with E-state index < -0.39 is 0 Å². The number of carbonyl (C=O) groups is 1. The summed E-state index contributed by atoms with van der Waals surface area (Å²) in [6, 6.07) is 16.6. The van der Waals surface area contributed by atoms with Crippen LogP contribution in [0.5, 0.6) is 0 Å². The fraction of sp³-hybridized carbons (Fsp3) is 0.321. The highest BCUT2D eigenvalue weighted by molar-refractivity contribution is 6.34. The molecule has 1 saturated heterocycles. The van der Waals surface area contributed by atoms with E-state index in [1.165, 1.54) is 22.3 Å². The number of nitrogens with zero attached hydrogens (tertiary/aromatic N) is 1. The van der Waals surface area contributed by atoms with Gasteiger partial charge in [-0.2, -0.15) is 0 Å². The zero-order valence-corrected chi connectivity index (χ0v) is 19.8. The van der Waals surface area contributed by atoms with Crippen LogP contribution in [0.25, 0.3) is 22.3 Å². The molecule has 5 rings (SSSR count). The molecule has 3 N–H and O–H groups in total. The number of piperazine rings is 1. The van der Waals surface area contributed by atoms with E-state index in [4.69, 9.17) is 17.3 Å². The average molecular weight is 460 g/mol. The molecule has 2 aliphatic rings. The Morgan fingerprint density at radius 1 is 1.03 bits per heavy atom. The summed E-state index contributed by atoms with van der Waals surface area (Å²) in [6.45, 7) is 5.58. The van der Waals surface area contributed by atoms with Gasteiger partial charge in [-0.3, -0.25) is 4.79 Å². The molecule has 1 fully saturated rings. The van der Waals surface area contributed by atoms with Crippen molar-refractivity contribution in [1.29, 1.82) is 0 Å². The molecule has 0 aromatic heterocycles. The summed E-state index contributed by atoms with van der Waals surface area (Å²) in [5.74, 6) is -0.346. The Bertz CT molecular complexity index is 1210. The van der Waals surface area contributed by atoms with E-state index >= 15 is 0 Å². The summed E-state index contributed by atoms with van der Waals surface area (Å²) < 4.78 is 0. The third-order valence-electron chi connectivity index (χ3n) is 6.95. The monoisotopic (exact) mass is 459 g/mol. The first kappa shape index (κ1) is 22.0. The minimum absolute atomic E-state index is 0.346. The SMILES string of the molecule is CCCCc1c2c(c(-c3ccccc3Cl)c(N3CCNCC3)c1C(N)=O)-c1ccccc1C2. The number of rotatable bonds is 6. The number of nitrogens with one attached hydrogen (secondary N) is 1. The van der Waals surface area contributed by atoms with Crippen molar-refractivity contribution in [2.24, 2.45) is 5.73 Å². The zero-order chi connectivity index (χ0) is 22.9. The van der Waals surface area contributed by atoms with Crippen molar-refractivity contribution in [2.45, 2.75) is 32.6 Å². The van der Waals surface area contributed by atoms with Crippen LogP contribution in [0.4, 0.5) is 5.69 Å². The van der Waals surface area contributed by atoms with Crippen LogP contribution in [0.3, 0.4) is 0 Å². The smallest absolute Gasteiger partial charge is 0.251 e. The normalized spacial score (nSPS) is 14.8. The minimum Gasteiger partial charge on any atom is -0.368 e. The van der Waals surface area contributed by atoms with Crippen molar-refractivity contribution in [3.63, 3.8) is 0 Å². The first-order chi connectivity index (χ1) is 16.1. The number of hydrogen-bond donors (Lipinski definition) is 2. The second kappa shape index (κ2) is 9.20. The van der Waals surface area contributed by atoms with Crippen molar-refractivity contribution in [1.82, 2.24) is 5.32 Å². The number of nitrogens with two attached hydrogens (primary N) is 1. The highest BCUT2D eigenvalue weighted by Gasteiger charge is 2.34. The number of carbonyl (C=O) groups excluding carboxylic acids is 1. The van der Waals surface area contributed by atoms with Gasteiger partial charge in [0.25, 0.3) is 5.91 Å². The van der Waals surface area contributed by atoms with Gasteiger partial charge in [0.05, 0.1) is 11.3 Å². The zero-order valence-electron chi connectivity index (χ0n) is 19.1. The molecule has 4 nitrogen and oxygen atoms in total. The van der Waals surface area contributed by atoms with Crippen LogP contribution in [-0.4, -0.2) is 32.1 Å². The fourth-order valence-corrected chi connectivity index (χ4v) is 5.70. The van der Waals surface area contributed by atoms with Crippen LogP contribution < -0.4 is 16.0 Å². The highest BCUT2D eigenvalue weighted by atomic mass is 35.5. The van der Waals surface area contributed by atoms with Crippen molar-refractivity contribution < 1.29 is 4.79 Å². The minimum atomic E-state index is -0.346. The molecular formula is C28H30ClN3O.